The van der Waals surface area contributed by atoms with Crippen LogP contribution in [0.4, 0.5) is 5.69 Å². The number of rotatable bonds is 8. The lowest BCUT2D eigenvalue weighted by atomic mass is 10.2. The smallest absolute Gasteiger partial charge is 0.224 e. The Labute approximate surface area is 132 Å². The second-order valence-corrected chi connectivity index (χ2v) is 6.19. The van der Waals surface area contributed by atoms with E-state index >= 15 is 0 Å². The van der Waals surface area contributed by atoms with Crippen LogP contribution < -0.4 is 11.1 Å². The highest BCUT2D eigenvalue weighted by molar-refractivity contribution is 7.80. The predicted octanol–water partition coefficient (Wildman–Crippen LogP) is 2.63. The van der Waals surface area contributed by atoms with Gasteiger partial charge in [-0.1, -0.05) is 26.1 Å². The van der Waals surface area contributed by atoms with Gasteiger partial charge in [-0.3, -0.25) is 4.79 Å². The van der Waals surface area contributed by atoms with E-state index in [2.05, 4.69) is 31.1 Å². The lowest BCUT2D eigenvalue weighted by Gasteiger charge is -2.18. The first-order valence-electron chi connectivity index (χ1n) is 7.26. The molecular weight excluding hydrogens is 282 g/mol. The molecule has 21 heavy (non-hydrogen) atoms. The standard InChI is InChI=1S/C16H25N3OS/c1-12(2)11-19(3)10-4-5-15(20)18-14-8-6-13(7-9-14)16(17)21/h6-9,12H,4-5,10-11H2,1-3H3,(H2,17,21)(H,18,20). The van der Waals surface area contributed by atoms with E-state index in [1.807, 2.05) is 24.3 Å². The van der Waals surface area contributed by atoms with Crippen molar-refractivity contribution in [3.8, 4) is 0 Å². The molecule has 0 aliphatic rings. The maximum absolute atomic E-state index is 11.9. The average Bonchev–Trinajstić information content (AvgIpc) is 2.38. The van der Waals surface area contributed by atoms with Gasteiger partial charge in [0.05, 0.1) is 0 Å². The Balaban J connectivity index is 2.32. The SMILES string of the molecule is CC(C)CN(C)CCCC(=O)Nc1ccc(C(N)=S)cc1. The van der Waals surface area contributed by atoms with Crippen molar-refractivity contribution in [2.45, 2.75) is 26.7 Å². The van der Waals surface area contributed by atoms with Gasteiger partial charge in [0.25, 0.3) is 0 Å². The molecule has 0 aromatic heterocycles. The molecule has 0 aliphatic carbocycles. The van der Waals surface area contributed by atoms with Crippen LogP contribution >= 0.6 is 12.2 Å². The number of nitrogens with one attached hydrogen (secondary N) is 1. The molecule has 0 bridgehead atoms. The zero-order valence-electron chi connectivity index (χ0n) is 13.1. The lowest BCUT2D eigenvalue weighted by molar-refractivity contribution is -0.116. The molecular formula is C16H25N3OS. The highest BCUT2D eigenvalue weighted by atomic mass is 32.1. The van der Waals surface area contributed by atoms with Gasteiger partial charge in [-0.2, -0.15) is 0 Å². The first kappa shape index (κ1) is 17.6. The molecule has 0 spiro atoms. The van der Waals surface area contributed by atoms with Gasteiger partial charge in [0.2, 0.25) is 5.91 Å². The Morgan fingerprint density at radius 3 is 2.48 bits per heavy atom. The van der Waals surface area contributed by atoms with Crippen molar-refractivity contribution in [3.63, 3.8) is 0 Å². The van der Waals surface area contributed by atoms with Crippen LogP contribution in [0.3, 0.4) is 0 Å². The molecule has 0 heterocycles. The fraction of sp³-hybridized carbons (Fsp3) is 0.500. The van der Waals surface area contributed by atoms with Crippen molar-refractivity contribution in [2.24, 2.45) is 11.7 Å². The van der Waals surface area contributed by atoms with Crippen molar-refractivity contribution in [1.29, 1.82) is 0 Å². The summed E-state index contributed by atoms with van der Waals surface area (Å²) in [6, 6.07) is 7.26. The van der Waals surface area contributed by atoms with Crippen LogP contribution in [0.1, 0.15) is 32.3 Å². The van der Waals surface area contributed by atoms with Gasteiger partial charge in [-0.15, -0.1) is 0 Å². The normalized spacial score (nSPS) is 10.9. The number of benzene rings is 1. The predicted molar refractivity (Wildman–Crippen MR) is 92.5 cm³/mol. The third kappa shape index (κ3) is 7.20. The van der Waals surface area contributed by atoms with Crippen LogP contribution in [-0.4, -0.2) is 35.9 Å². The zero-order valence-corrected chi connectivity index (χ0v) is 13.9. The summed E-state index contributed by atoms with van der Waals surface area (Å²) in [7, 11) is 2.09. The van der Waals surface area contributed by atoms with Gasteiger partial charge in [0, 0.05) is 24.2 Å². The van der Waals surface area contributed by atoms with Crippen LogP contribution in [0, 0.1) is 5.92 Å². The maximum Gasteiger partial charge on any atom is 0.224 e. The van der Waals surface area contributed by atoms with Gasteiger partial charge in [-0.05, 0) is 50.2 Å². The third-order valence-electron chi connectivity index (χ3n) is 3.07. The molecule has 0 fully saturated rings. The fourth-order valence-corrected chi connectivity index (χ4v) is 2.30. The third-order valence-corrected chi connectivity index (χ3v) is 3.31. The average molecular weight is 307 g/mol. The molecule has 0 aliphatic heterocycles. The molecule has 4 nitrogen and oxygen atoms in total. The number of thiocarbonyl (C=S) groups is 1. The summed E-state index contributed by atoms with van der Waals surface area (Å²) in [5, 5.41) is 2.88. The van der Waals surface area contributed by atoms with Gasteiger partial charge >= 0.3 is 0 Å². The van der Waals surface area contributed by atoms with E-state index in [9.17, 15) is 4.79 Å². The van der Waals surface area contributed by atoms with Gasteiger partial charge < -0.3 is 16.0 Å². The Hall–Kier alpha value is -1.46. The second kappa shape index (κ2) is 8.74. The van der Waals surface area contributed by atoms with Gasteiger partial charge in [-0.25, -0.2) is 0 Å². The highest BCUT2D eigenvalue weighted by Crippen LogP contribution is 2.10. The van der Waals surface area contributed by atoms with E-state index in [0.29, 0.717) is 17.3 Å². The molecule has 5 heteroatoms. The van der Waals surface area contributed by atoms with E-state index in [-0.39, 0.29) is 5.91 Å². The molecule has 1 rings (SSSR count). The van der Waals surface area contributed by atoms with E-state index in [0.717, 1.165) is 30.8 Å². The number of anilines is 1. The number of nitrogens with two attached hydrogens (primary N) is 1. The van der Waals surface area contributed by atoms with Crippen LogP contribution in [0.25, 0.3) is 0 Å². The fourth-order valence-electron chi connectivity index (χ4n) is 2.17. The van der Waals surface area contributed by atoms with Crippen LogP contribution in [-0.2, 0) is 4.79 Å². The first-order chi connectivity index (χ1) is 9.88. The van der Waals surface area contributed by atoms with Gasteiger partial charge in [0.1, 0.15) is 4.99 Å². The monoisotopic (exact) mass is 307 g/mol. The second-order valence-electron chi connectivity index (χ2n) is 5.75. The number of amides is 1. The quantitative estimate of drug-likeness (QED) is 0.725. The van der Waals surface area contributed by atoms with Crippen molar-refractivity contribution < 1.29 is 4.79 Å². The number of hydrogen-bond acceptors (Lipinski definition) is 3. The lowest BCUT2D eigenvalue weighted by Crippen LogP contribution is -2.25. The molecule has 0 atom stereocenters. The van der Waals surface area contributed by atoms with Crippen LogP contribution in [0.5, 0.6) is 0 Å². The summed E-state index contributed by atoms with van der Waals surface area (Å²) in [6.07, 6.45) is 1.39. The molecule has 0 radical (unpaired) electrons. The molecule has 1 aromatic rings. The molecule has 3 N–H and O–H groups in total. The number of hydrogen-bond donors (Lipinski definition) is 2. The summed E-state index contributed by atoms with van der Waals surface area (Å²) in [6.45, 7) is 6.38. The summed E-state index contributed by atoms with van der Waals surface area (Å²) in [4.78, 5) is 14.5. The van der Waals surface area contributed by atoms with Crippen LogP contribution in [0.2, 0.25) is 0 Å². The summed E-state index contributed by atoms with van der Waals surface area (Å²) < 4.78 is 0. The van der Waals surface area contributed by atoms with Gasteiger partial charge in [0.15, 0.2) is 0 Å². The highest BCUT2D eigenvalue weighted by Gasteiger charge is 2.05. The van der Waals surface area contributed by atoms with Crippen LogP contribution in [0.15, 0.2) is 24.3 Å². The Morgan fingerprint density at radius 2 is 1.95 bits per heavy atom. The zero-order chi connectivity index (χ0) is 15.8. The molecule has 116 valence electrons. The van der Waals surface area contributed by atoms with E-state index in [1.165, 1.54) is 0 Å². The molecule has 0 unspecified atom stereocenters. The van der Waals surface area contributed by atoms with Crippen molar-refractivity contribution in [2.75, 3.05) is 25.5 Å². The minimum atomic E-state index is 0.0380. The number of carbonyl (C=O) groups is 1. The van der Waals surface area contributed by atoms with Crippen molar-refractivity contribution >= 4 is 28.8 Å². The largest absolute Gasteiger partial charge is 0.389 e. The Bertz CT molecular complexity index is 471. The Kier molecular flexibility index (Phi) is 7.32. The summed E-state index contributed by atoms with van der Waals surface area (Å²) >= 11 is 4.89. The molecule has 0 saturated heterocycles. The summed E-state index contributed by atoms with van der Waals surface area (Å²) in [5.41, 5.74) is 7.11. The summed E-state index contributed by atoms with van der Waals surface area (Å²) in [5.74, 6) is 0.687. The van der Waals surface area contributed by atoms with Crippen molar-refractivity contribution in [3.05, 3.63) is 29.8 Å². The van der Waals surface area contributed by atoms with E-state index in [4.69, 9.17) is 18.0 Å². The minimum Gasteiger partial charge on any atom is -0.389 e. The number of carbonyl (C=O) groups excluding carboxylic acids is 1. The Morgan fingerprint density at radius 1 is 1.33 bits per heavy atom. The maximum atomic E-state index is 11.9. The first-order valence-corrected chi connectivity index (χ1v) is 7.67. The molecule has 0 saturated carbocycles. The number of nitrogens with zero attached hydrogens (tertiary/aromatic N) is 1. The minimum absolute atomic E-state index is 0.0380. The van der Waals surface area contributed by atoms with E-state index in [1.54, 1.807) is 0 Å². The molecule has 1 amide bonds. The van der Waals surface area contributed by atoms with Crippen molar-refractivity contribution in [1.82, 2.24) is 4.90 Å². The topological polar surface area (TPSA) is 58.4 Å². The molecule has 1 aromatic carbocycles. The van der Waals surface area contributed by atoms with E-state index < -0.39 is 0 Å².